The summed E-state index contributed by atoms with van der Waals surface area (Å²) in [4.78, 5) is 10.3. The molecule has 0 aliphatic heterocycles. The number of alkyl halides is 4. The molecule has 1 fully saturated rings. The number of esters is 1. The number of hydrogen-bond donors (Lipinski definition) is 0. The molecule has 0 radical (unpaired) electrons. The number of ether oxygens (including phenoxy) is 1. The summed E-state index contributed by atoms with van der Waals surface area (Å²) in [6, 6.07) is 0. The molecule has 1 saturated carbocycles. The van der Waals surface area contributed by atoms with Crippen molar-refractivity contribution in [3.63, 3.8) is 0 Å². The van der Waals surface area contributed by atoms with Gasteiger partial charge in [0.2, 0.25) is 0 Å². The van der Waals surface area contributed by atoms with E-state index in [1.54, 1.807) is 0 Å². The smallest absolute Gasteiger partial charge is 0.430 e. The maximum absolute atomic E-state index is 12.1. The van der Waals surface area contributed by atoms with E-state index < -0.39 is 24.4 Å². The number of rotatable bonds is 2. The van der Waals surface area contributed by atoms with E-state index in [0.717, 1.165) is 0 Å². The van der Waals surface area contributed by atoms with Crippen LogP contribution in [-0.4, -0.2) is 24.4 Å². The van der Waals surface area contributed by atoms with Crippen LogP contribution in [0.15, 0.2) is 0 Å². The van der Waals surface area contributed by atoms with Gasteiger partial charge in [-0.1, -0.05) is 0 Å². The van der Waals surface area contributed by atoms with Crippen molar-refractivity contribution in [2.45, 2.75) is 31.3 Å². The molecule has 1 aliphatic carbocycles. The summed E-state index contributed by atoms with van der Waals surface area (Å²) in [5.41, 5.74) is 0. The number of halogens is 4. The zero-order chi connectivity index (χ0) is 9.35. The zero-order valence-corrected chi connectivity index (χ0v) is 5.90. The molecule has 0 N–H and O–H groups in total. The van der Waals surface area contributed by atoms with Gasteiger partial charge in [-0.25, -0.2) is 9.18 Å². The third-order valence-corrected chi connectivity index (χ3v) is 1.30. The average Bonchev–Trinajstić information content (AvgIpc) is 2.68. The highest BCUT2D eigenvalue weighted by molar-refractivity contribution is 5.75. The minimum Gasteiger partial charge on any atom is -0.460 e. The zero-order valence-electron chi connectivity index (χ0n) is 5.90. The Morgan fingerprint density at radius 3 is 2.25 bits per heavy atom. The Bertz CT molecular complexity index is 184. The van der Waals surface area contributed by atoms with E-state index in [9.17, 15) is 22.4 Å². The Hall–Kier alpha value is -0.810. The Morgan fingerprint density at radius 2 is 1.92 bits per heavy atom. The monoisotopic (exact) mass is 186 g/mol. The van der Waals surface area contributed by atoms with Gasteiger partial charge in [0.15, 0.2) is 0 Å². The lowest BCUT2D eigenvalue weighted by Crippen LogP contribution is -2.34. The van der Waals surface area contributed by atoms with Gasteiger partial charge in [0.25, 0.3) is 6.17 Å². The molecular formula is C6H6F4O2. The molecule has 0 heterocycles. The lowest BCUT2D eigenvalue weighted by Gasteiger charge is -2.10. The first-order valence-corrected chi connectivity index (χ1v) is 3.32. The van der Waals surface area contributed by atoms with Crippen LogP contribution in [-0.2, 0) is 9.53 Å². The predicted molar refractivity (Wildman–Crippen MR) is 30.1 cm³/mol. The standard InChI is InChI=1S/C6H6F4O2/c7-4(6(8,9)10)5(11)12-3-1-2-3/h3-4H,1-2H2. The molecule has 1 atom stereocenters. The first-order valence-electron chi connectivity index (χ1n) is 3.32. The molecule has 12 heavy (non-hydrogen) atoms. The first-order chi connectivity index (χ1) is 5.41. The fourth-order valence-corrected chi connectivity index (χ4v) is 0.544. The van der Waals surface area contributed by atoms with Crippen LogP contribution in [0, 0.1) is 0 Å². The van der Waals surface area contributed by atoms with E-state index in [2.05, 4.69) is 4.74 Å². The van der Waals surface area contributed by atoms with Crippen LogP contribution < -0.4 is 0 Å². The van der Waals surface area contributed by atoms with E-state index in [1.807, 2.05) is 0 Å². The Kier molecular flexibility index (Phi) is 2.25. The lowest BCUT2D eigenvalue weighted by atomic mass is 10.4. The van der Waals surface area contributed by atoms with Crippen molar-refractivity contribution in [3.8, 4) is 0 Å². The highest BCUT2D eigenvalue weighted by atomic mass is 19.4. The molecular weight excluding hydrogens is 180 g/mol. The summed E-state index contributed by atoms with van der Waals surface area (Å²) >= 11 is 0. The maximum Gasteiger partial charge on any atom is 0.430 e. The molecule has 0 bridgehead atoms. The van der Waals surface area contributed by atoms with Crippen molar-refractivity contribution in [1.82, 2.24) is 0 Å². The Balaban J connectivity index is 2.39. The third kappa shape index (κ3) is 2.35. The van der Waals surface area contributed by atoms with Gasteiger partial charge >= 0.3 is 12.1 Å². The van der Waals surface area contributed by atoms with E-state index in [-0.39, 0.29) is 0 Å². The van der Waals surface area contributed by atoms with Gasteiger partial charge in [-0.15, -0.1) is 0 Å². The summed E-state index contributed by atoms with van der Waals surface area (Å²) < 4.78 is 50.7. The first kappa shape index (κ1) is 9.28. The summed E-state index contributed by atoms with van der Waals surface area (Å²) in [7, 11) is 0. The van der Waals surface area contributed by atoms with E-state index in [0.29, 0.717) is 12.8 Å². The highest BCUT2D eigenvalue weighted by Gasteiger charge is 2.48. The molecule has 6 heteroatoms. The van der Waals surface area contributed by atoms with Crippen LogP contribution in [0.2, 0.25) is 0 Å². The second kappa shape index (κ2) is 2.91. The highest BCUT2D eigenvalue weighted by Crippen LogP contribution is 2.28. The number of carbonyl (C=O) groups excluding carboxylic acids is 1. The van der Waals surface area contributed by atoms with Crippen molar-refractivity contribution < 1.29 is 27.1 Å². The molecule has 0 amide bonds. The normalized spacial score (nSPS) is 20.3. The SMILES string of the molecule is O=C(OC1CC1)C(F)C(F)(F)F. The average molecular weight is 186 g/mol. The molecule has 0 spiro atoms. The maximum atomic E-state index is 12.1. The lowest BCUT2D eigenvalue weighted by molar-refractivity contribution is -0.201. The van der Waals surface area contributed by atoms with Crippen LogP contribution in [0.4, 0.5) is 17.6 Å². The van der Waals surface area contributed by atoms with Crippen molar-refractivity contribution in [3.05, 3.63) is 0 Å². The van der Waals surface area contributed by atoms with Crippen molar-refractivity contribution in [2.75, 3.05) is 0 Å². The Labute approximate surface area is 65.5 Å². The van der Waals surface area contributed by atoms with Gasteiger partial charge in [-0.3, -0.25) is 0 Å². The molecule has 0 saturated heterocycles. The third-order valence-electron chi connectivity index (χ3n) is 1.30. The van der Waals surface area contributed by atoms with Crippen molar-refractivity contribution in [1.29, 1.82) is 0 Å². The summed E-state index contributed by atoms with van der Waals surface area (Å²) in [6.45, 7) is 0. The molecule has 1 rings (SSSR count). The molecule has 2 nitrogen and oxygen atoms in total. The van der Waals surface area contributed by atoms with Gasteiger partial charge in [-0.2, -0.15) is 13.2 Å². The molecule has 0 aromatic rings. The van der Waals surface area contributed by atoms with Crippen LogP contribution in [0.3, 0.4) is 0 Å². The van der Waals surface area contributed by atoms with Crippen molar-refractivity contribution >= 4 is 5.97 Å². The topological polar surface area (TPSA) is 26.3 Å². The summed E-state index contributed by atoms with van der Waals surface area (Å²) in [5, 5.41) is 0. The number of hydrogen-bond acceptors (Lipinski definition) is 2. The van der Waals surface area contributed by atoms with Gasteiger partial charge in [0.05, 0.1) is 0 Å². The second-order valence-electron chi connectivity index (χ2n) is 2.54. The van der Waals surface area contributed by atoms with Gasteiger partial charge < -0.3 is 4.74 Å². The largest absolute Gasteiger partial charge is 0.460 e. The quantitative estimate of drug-likeness (QED) is 0.483. The van der Waals surface area contributed by atoms with Crippen LogP contribution in [0.1, 0.15) is 12.8 Å². The van der Waals surface area contributed by atoms with Gasteiger partial charge in [0, 0.05) is 0 Å². The van der Waals surface area contributed by atoms with Crippen LogP contribution in [0.25, 0.3) is 0 Å². The molecule has 0 aromatic heterocycles. The van der Waals surface area contributed by atoms with E-state index in [1.165, 1.54) is 0 Å². The minimum atomic E-state index is -5.15. The van der Waals surface area contributed by atoms with E-state index in [4.69, 9.17) is 0 Å². The second-order valence-corrected chi connectivity index (χ2v) is 2.54. The summed E-state index contributed by atoms with van der Waals surface area (Å²) in [5.74, 6) is -1.83. The van der Waals surface area contributed by atoms with Gasteiger partial charge in [0.1, 0.15) is 6.10 Å². The van der Waals surface area contributed by atoms with Crippen LogP contribution >= 0.6 is 0 Å². The van der Waals surface area contributed by atoms with Crippen LogP contribution in [0.5, 0.6) is 0 Å². The molecule has 70 valence electrons. The fourth-order valence-electron chi connectivity index (χ4n) is 0.544. The molecule has 1 unspecified atom stereocenters. The minimum absolute atomic E-state index is 0.502. The number of carbonyl (C=O) groups is 1. The van der Waals surface area contributed by atoms with Gasteiger partial charge in [-0.05, 0) is 12.8 Å². The van der Waals surface area contributed by atoms with Crippen molar-refractivity contribution in [2.24, 2.45) is 0 Å². The van der Waals surface area contributed by atoms with E-state index >= 15 is 0 Å². The Morgan fingerprint density at radius 1 is 1.42 bits per heavy atom. The predicted octanol–water partition coefficient (Wildman–Crippen LogP) is 1.59. The fraction of sp³-hybridized carbons (Fsp3) is 0.833. The molecule has 0 aromatic carbocycles. The molecule has 1 aliphatic rings. The summed E-state index contributed by atoms with van der Waals surface area (Å²) in [6.07, 6.45) is -8.10.